The van der Waals surface area contributed by atoms with Crippen LogP contribution in [0, 0.1) is 0 Å². The second-order valence-electron chi connectivity index (χ2n) is 1.72. The molecule has 0 aromatic rings. The smallest absolute Gasteiger partial charge is 0.184 e. The quantitative estimate of drug-likeness (QED) is 0.456. The molecule has 2 aliphatic rings. The molecule has 0 saturated carbocycles. The minimum absolute atomic E-state index is 0.461. The highest BCUT2D eigenvalue weighted by molar-refractivity contribution is 7.82. The fourth-order valence-electron chi connectivity index (χ4n) is 0.703. The third-order valence-electron chi connectivity index (χ3n) is 1.14. The number of fused-ring (bicyclic) bond motifs is 1. The Balaban J connectivity index is 2.54. The number of rotatable bonds is 0. The van der Waals surface area contributed by atoms with Crippen LogP contribution in [0.1, 0.15) is 0 Å². The summed E-state index contributed by atoms with van der Waals surface area (Å²) >= 11 is 4.85. The minimum atomic E-state index is 0.461. The van der Waals surface area contributed by atoms with E-state index in [0.29, 0.717) is 16.5 Å². The van der Waals surface area contributed by atoms with Crippen molar-refractivity contribution in [2.45, 2.75) is 0 Å². The van der Waals surface area contributed by atoms with Crippen molar-refractivity contribution in [3.05, 3.63) is 0 Å². The minimum Gasteiger partial charge on any atom is -0.230 e. The Kier molecular flexibility index (Phi) is 1.04. The molecule has 0 atom stereocenters. The number of amidine groups is 1. The molecule has 0 bridgehead atoms. The van der Waals surface area contributed by atoms with Gasteiger partial charge in [0.25, 0.3) is 0 Å². The molecule has 5 heteroatoms. The summed E-state index contributed by atoms with van der Waals surface area (Å²) in [4.78, 5) is 15.8. The molecule has 0 aliphatic carbocycles. The maximum Gasteiger partial charge on any atom is 0.184 e. The van der Waals surface area contributed by atoms with Gasteiger partial charge in [0, 0.05) is 0 Å². The lowest BCUT2D eigenvalue weighted by Crippen LogP contribution is -2.20. The van der Waals surface area contributed by atoms with Crippen LogP contribution < -0.4 is 0 Å². The molecule has 2 heterocycles. The van der Waals surface area contributed by atoms with Crippen molar-refractivity contribution in [1.29, 1.82) is 0 Å². The summed E-state index contributed by atoms with van der Waals surface area (Å²) in [7, 11) is 0. The van der Waals surface area contributed by atoms with Gasteiger partial charge in [-0.1, -0.05) is 12.2 Å². The van der Waals surface area contributed by atoms with Crippen molar-refractivity contribution in [3.8, 4) is 0 Å². The molecule has 10 heavy (non-hydrogen) atoms. The van der Waals surface area contributed by atoms with E-state index in [1.165, 1.54) is 12.7 Å². The van der Waals surface area contributed by atoms with E-state index in [1.807, 2.05) is 0 Å². The van der Waals surface area contributed by atoms with Crippen LogP contribution >= 0.6 is 12.2 Å². The van der Waals surface area contributed by atoms with Crippen molar-refractivity contribution in [2.75, 3.05) is 0 Å². The molecule has 0 N–H and O–H groups in total. The zero-order valence-corrected chi connectivity index (χ0v) is 5.67. The summed E-state index contributed by atoms with van der Waals surface area (Å²) in [6.07, 6.45) is 2.81. The zero-order chi connectivity index (χ0) is 6.97. The van der Waals surface area contributed by atoms with Gasteiger partial charge in [-0.3, -0.25) is 0 Å². The molecule has 0 radical (unpaired) electrons. The van der Waals surface area contributed by atoms with Gasteiger partial charge in [-0.25, -0.2) is 20.0 Å². The van der Waals surface area contributed by atoms with E-state index >= 15 is 0 Å². The number of thiocarbonyl (C=S) groups is 1. The first-order chi connectivity index (χ1) is 4.88. The van der Waals surface area contributed by atoms with E-state index in [-0.39, 0.29) is 0 Å². The highest BCUT2D eigenvalue weighted by atomic mass is 32.1. The van der Waals surface area contributed by atoms with Crippen molar-refractivity contribution in [2.24, 2.45) is 20.0 Å². The Hall–Kier alpha value is -1.23. The van der Waals surface area contributed by atoms with E-state index < -0.39 is 0 Å². The van der Waals surface area contributed by atoms with Crippen LogP contribution in [0.15, 0.2) is 20.0 Å². The molecule has 0 unspecified atom stereocenters. The van der Waals surface area contributed by atoms with Crippen molar-refractivity contribution in [3.63, 3.8) is 0 Å². The van der Waals surface area contributed by atoms with Gasteiger partial charge in [0.2, 0.25) is 0 Å². The first-order valence-corrected chi connectivity index (χ1v) is 3.04. The van der Waals surface area contributed by atoms with Crippen LogP contribution in [0.5, 0.6) is 0 Å². The zero-order valence-electron chi connectivity index (χ0n) is 4.85. The van der Waals surface area contributed by atoms with Crippen LogP contribution in [0.3, 0.4) is 0 Å². The van der Waals surface area contributed by atoms with Crippen LogP contribution in [-0.2, 0) is 0 Å². The Morgan fingerprint density at radius 2 is 1.90 bits per heavy atom. The first kappa shape index (κ1) is 5.55. The molecule has 4 nitrogen and oxygen atoms in total. The van der Waals surface area contributed by atoms with Crippen molar-refractivity contribution >= 4 is 41.4 Å². The molecule has 0 aromatic carbocycles. The van der Waals surface area contributed by atoms with E-state index in [2.05, 4.69) is 20.0 Å². The number of hydrogen-bond donors (Lipinski definition) is 0. The topological polar surface area (TPSA) is 49.4 Å². The monoisotopic (exact) mass is 150 g/mol. The van der Waals surface area contributed by atoms with Crippen molar-refractivity contribution in [1.82, 2.24) is 0 Å². The van der Waals surface area contributed by atoms with Crippen LogP contribution in [0.4, 0.5) is 0 Å². The van der Waals surface area contributed by atoms with E-state index in [9.17, 15) is 0 Å². The van der Waals surface area contributed by atoms with E-state index in [4.69, 9.17) is 12.2 Å². The summed E-state index contributed by atoms with van der Waals surface area (Å²) in [5, 5.41) is 0. The van der Waals surface area contributed by atoms with Gasteiger partial charge >= 0.3 is 0 Å². The fourth-order valence-corrected chi connectivity index (χ4v) is 0.894. The Labute approximate surface area is 62.1 Å². The van der Waals surface area contributed by atoms with Crippen LogP contribution in [0.25, 0.3) is 0 Å². The number of aliphatic imine (C=N–C) groups is 4. The highest BCUT2D eigenvalue weighted by Crippen LogP contribution is 2.01. The van der Waals surface area contributed by atoms with E-state index in [0.717, 1.165) is 0 Å². The van der Waals surface area contributed by atoms with Crippen molar-refractivity contribution < 1.29 is 0 Å². The van der Waals surface area contributed by atoms with Gasteiger partial charge in [-0.15, -0.1) is 0 Å². The highest BCUT2D eigenvalue weighted by Gasteiger charge is 2.18. The molecular formula is C5H2N4S. The van der Waals surface area contributed by atoms with Crippen LogP contribution in [0.2, 0.25) is 0 Å². The Bertz CT molecular complexity index is 304. The van der Waals surface area contributed by atoms with Gasteiger partial charge in [-0.2, -0.15) is 0 Å². The maximum atomic E-state index is 4.85. The molecule has 0 amide bonds. The summed E-state index contributed by atoms with van der Waals surface area (Å²) in [6, 6.07) is 0. The molecule has 2 rings (SSSR count). The third kappa shape index (κ3) is 0.640. The average Bonchev–Trinajstić information content (AvgIpc) is 2.36. The summed E-state index contributed by atoms with van der Waals surface area (Å²) in [5.41, 5.74) is 0.609. The normalized spacial score (nSPS) is 20.6. The van der Waals surface area contributed by atoms with Gasteiger partial charge in [0.05, 0.1) is 0 Å². The lowest BCUT2D eigenvalue weighted by molar-refractivity contribution is 1.62. The predicted octanol–water partition coefficient (Wildman–Crippen LogP) is 0.237. The third-order valence-corrected chi connectivity index (χ3v) is 1.44. The van der Waals surface area contributed by atoms with Gasteiger partial charge in [-0.05, 0) is 0 Å². The number of nitrogens with zero attached hydrogens (tertiary/aromatic N) is 4. The molecule has 0 aromatic heterocycles. The molecule has 0 fully saturated rings. The van der Waals surface area contributed by atoms with Gasteiger partial charge < -0.3 is 0 Å². The SMILES string of the molecule is S=C1N=CN=C2N=CN=C12. The first-order valence-electron chi connectivity index (χ1n) is 2.63. The maximum absolute atomic E-state index is 4.85. The average molecular weight is 150 g/mol. The largest absolute Gasteiger partial charge is 0.230 e. The lowest BCUT2D eigenvalue weighted by Gasteiger charge is -1.99. The van der Waals surface area contributed by atoms with Crippen LogP contribution in [-0.4, -0.2) is 29.2 Å². The van der Waals surface area contributed by atoms with Gasteiger partial charge in [0.1, 0.15) is 18.4 Å². The van der Waals surface area contributed by atoms with E-state index in [1.54, 1.807) is 0 Å². The molecule has 2 aliphatic heterocycles. The standard InChI is InChI=1S/C5H2N4S/c10-5-3-4(7-1-6-3)8-2-9-5/h1-2H. The second-order valence-corrected chi connectivity index (χ2v) is 2.11. The molecule has 0 saturated heterocycles. The Morgan fingerprint density at radius 3 is 2.70 bits per heavy atom. The Morgan fingerprint density at radius 1 is 1.10 bits per heavy atom. The second kappa shape index (κ2) is 1.88. The lowest BCUT2D eigenvalue weighted by atomic mass is 10.3. The fraction of sp³-hybridized carbons (Fsp3) is 0. The molecular weight excluding hydrogens is 148 g/mol. The summed E-state index contributed by atoms with van der Waals surface area (Å²) < 4.78 is 0. The molecule has 0 spiro atoms. The number of hydrogen-bond acceptors (Lipinski definition) is 4. The summed E-state index contributed by atoms with van der Waals surface area (Å²) in [5.74, 6) is 0.569. The van der Waals surface area contributed by atoms with Gasteiger partial charge in [0.15, 0.2) is 10.8 Å². The molecule has 48 valence electrons. The predicted molar refractivity (Wildman–Crippen MR) is 44.5 cm³/mol. The summed E-state index contributed by atoms with van der Waals surface area (Å²) in [6.45, 7) is 0.